The summed E-state index contributed by atoms with van der Waals surface area (Å²) >= 11 is 11.9. The maximum absolute atomic E-state index is 8.71. The van der Waals surface area contributed by atoms with Crippen LogP contribution >= 0.6 is 23.2 Å². The monoisotopic (exact) mass is 261 g/mol. The first kappa shape index (κ1) is 13.8. The molecular formula is C12H17Cl2NO. The van der Waals surface area contributed by atoms with Gasteiger partial charge >= 0.3 is 0 Å². The Balaban J connectivity index is 2.42. The van der Waals surface area contributed by atoms with Gasteiger partial charge < -0.3 is 10.0 Å². The summed E-state index contributed by atoms with van der Waals surface area (Å²) in [5, 5.41) is 10.1. The van der Waals surface area contributed by atoms with E-state index in [1.165, 1.54) is 0 Å². The zero-order chi connectivity index (χ0) is 12.0. The van der Waals surface area contributed by atoms with Gasteiger partial charge in [0.2, 0.25) is 0 Å². The van der Waals surface area contributed by atoms with Crippen molar-refractivity contribution < 1.29 is 5.11 Å². The first-order valence-corrected chi connectivity index (χ1v) is 6.12. The van der Waals surface area contributed by atoms with Crippen LogP contribution in [0.4, 0.5) is 0 Å². The van der Waals surface area contributed by atoms with Gasteiger partial charge in [-0.25, -0.2) is 0 Å². The molecule has 0 atom stereocenters. The maximum atomic E-state index is 8.71. The van der Waals surface area contributed by atoms with Crippen LogP contribution in [0.2, 0.25) is 10.0 Å². The van der Waals surface area contributed by atoms with Crippen LogP contribution in [0.1, 0.15) is 12.0 Å². The molecule has 0 aliphatic heterocycles. The Labute approximate surface area is 107 Å². The van der Waals surface area contributed by atoms with Crippen LogP contribution in [0.3, 0.4) is 0 Å². The van der Waals surface area contributed by atoms with E-state index in [-0.39, 0.29) is 6.61 Å². The predicted molar refractivity (Wildman–Crippen MR) is 69.4 cm³/mol. The molecule has 16 heavy (non-hydrogen) atoms. The van der Waals surface area contributed by atoms with E-state index in [0.29, 0.717) is 5.02 Å². The highest BCUT2D eigenvalue weighted by Crippen LogP contribution is 2.21. The molecule has 0 amide bonds. The van der Waals surface area contributed by atoms with E-state index in [1.807, 2.05) is 19.2 Å². The zero-order valence-corrected chi connectivity index (χ0v) is 10.9. The van der Waals surface area contributed by atoms with Crippen molar-refractivity contribution in [2.24, 2.45) is 0 Å². The van der Waals surface area contributed by atoms with Crippen LogP contribution in [0.25, 0.3) is 0 Å². The van der Waals surface area contributed by atoms with Crippen molar-refractivity contribution in [3.05, 3.63) is 33.8 Å². The van der Waals surface area contributed by atoms with Crippen molar-refractivity contribution in [1.82, 2.24) is 4.90 Å². The Bertz CT molecular complexity index is 331. The van der Waals surface area contributed by atoms with Crippen LogP contribution < -0.4 is 0 Å². The Morgan fingerprint density at radius 2 is 2.00 bits per heavy atom. The van der Waals surface area contributed by atoms with E-state index < -0.39 is 0 Å². The van der Waals surface area contributed by atoms with Crippen molar-refractivity contribution in [1.29, 1.82) is 0 Å². The number of hydrogen-bond donors (Lipinski definition) is 1. The van der Waals surface area contributed by atoms with Crippen molar-refractivity contribution in [2.75, 3.05) is 26.7 Å². The average molecular weight is 262 g/mol. The fraction of sp³-hybridized carbons (Fsp3) is 0.500. The van der Waals surface area contributed by atoms with Crippen molar-refractivity contribution in [3.63, 3.8) is 0 Å². The van der Waals surface area contributed by atoms with Gasteiger partial charge in [-0.05, 0) is 37.6 Å². The molecule has 0 aliphatic rings. The minimum Gasteiger partial charge on any atom is -0.396 e. The Kier molecular flexibility index (Phi) is 6.14. The largest absolute Gasteiger partial charge is 0.396 e. The van der Waals surface area contributed by atoms with Crippen molar-refractivity contribution >= 4 is 23.2 Å². The quantitative estimate of drug-likeness (QED) is 0.852. The van der Waals surface area contributed by atoms with Gasteiger partial charge in [-0.3, -0.25) is 0 Å². The number of benzene rings is 1. The smallest absolute Gasteiger partial charge is 0.0453 e. The maximum Gasteiger partial charge on any atom is 0.0453 e. The van der Waals surface area contributed by atoms with E-state index in [2.05, 4.69) is 4.90 Å². The normalized spacial score (nSPS) is 11.1. The molecule has 1 aromatic rings. The lowest BCUT2D eigenvalue weighted by Gasteiger charge is -2.16. The fourth-order valence-electron chi connectivity index (χ4n) is 1.49. The molecule has 0 saturated carbocycles. The van der Waals surface area contributed by atoms with Gasteiger partial charge in [0.25, 0.3) is 0 Å². The van der Waals surface area contributed by atoms with Gasteiger partial charge in [0, 0.05) is 29.7 Å². The van der Waals surface area contributed by atoms with Crippen LogP contribution in [0.5, 0.6) is 0 Å². The van der Waals surface area contributed by atoms with E-state index in [9.17, 15) is 0 Å². The third kappa shape index (κ3) is 4.71. The third-order valence-electron chi connectivity index (χ3n) is 2.48. The van der Waals surface area contributed by atoms with Crippen LogP contribution in [-0.2, 0) is 6.42 Å². The second kappa shape index (κ2) is 7.13. The molecule has 2 nitrogen and oxygen atoms in total. The first-order chi connectivity index (χ1) is 7.63. The van der Waals surface area contributed by atoms with Crippen LogP contribution in [0.15, 0.2) is 18.2 Å². The summed E-state index contributed by atoms with van der Waals surface area (Å²) < 4.78 is 0. The molecule has 0 aliphatic carbocycles. The van der Waals surface area contributed by atoms with Gasteiger partial charge in [-0.2, -0.15) is 0 Å². The van der Waals surface area contributed by atoms with Gasteiger partial charge in [-0.15, -0.1) is 0 Å². The number of aliphatic hydroxyl groups is 1. The number of nitrogens with zero attached hydrogens (tertiary/aromatic N) is 1. The standard InChI is InChI=1S/C12H17Cl2NO/c1-15(6-2-8-16)7-5-10-3-4-11(13)9-12(10)14/h3-4,9,16H,2,5-8H2,1H3. The Morgan fingerprint density at radius 1 is 1.25 bits per heavy atom. The first-order valence-electron chi connectivity index (χ1n) is 5.37. The molecule has 0 aromatic heterocycles. The summed E-state index contributed by atoms with van der Waals surface area (Å²) in [6, 6.07) is 5.59. The summed E-state index contributed by atoms with van der Waals surface area (Å²) in [7, 11) is 2.04. The zero-order valence-electron chi connectivity index (χ0n) is 9.42. The molecule has 0 spiro atoms. The lowest BCUT2D eigenvalue weighted by atomic mass is 10.1. The predicted octanol–water partition coefficient (Wildman–Crippen LogP) is 2.85. The topological polar surface area (TPSA) is 23.5 Å². The summed E-state index contributed by atoms with van der Waals surface area (Å²) in [4.78, 5) is 2.18. The molecule has 0 fully saturated rings. The number of halogens is 2. The lowest BCUT2D eigenvalue weighted by molar-refractivity contribution is 0.248. The highest BCUT2D eigenvalue weighted by atomic mass is 35.5. The van der Waals surface area contributed by atoms with Gasteiger partial charge in [-0.1, -0.05) is 29.3 Å². The third-order valence-corrected chi connectivity index (χ3v) is 3.06. The van der Waals surface area contributed by atoms with Crippen LogP contribution in [-0.4, -0.2) is 36.8 Å². The highest BCUT2D eigenvalue weighted by molar-refractivity contribution is 6.35. The molecule has 1 N–H and O–H groups in total. The second-order valence-electron chi connectivity index (χ2n) is 3.87. The molecule has 4 heteroatoms. The number of hydrogen-bond acceptors (Lipinski definition) is 2. The lowest BCUT2D eigenvalue weighted by Crippen LogP contribution is -2.23. The van der Waals surface area contributed by atoms with Crippen LogP contribution in [0, 0.1) is 0 Å². The number of aliphatic hydroxyl groups excluding tert-OH is 1. The molecule has 1 rings (SSSR count). The summed E-state index contributed by atoms with van der Waals surface area (Å²) in [6.45, 7) is 2.08. The molecule has 0 heterocycles. The summed E-state index contributed by atoms with van der Waals surface area (Å²) in [5.41, 5.74) is 1.11. The summed E-state index contributed by atoms with van der Waals surface area (Å²) in [5.74, 6) is 0. The second-order valence-corrected chi connectivity index (χ2v) is 4.71. The minimum absolute atomic E-state index is 0.242. The van der Waals surface area contributed by atoms with E-state index in [4.69, 9.17) is 28.3 Å². The summed E-state index contributed by atoms with van der Waals surface area (Å²) in [6.07, 6.45) is 1.71. The molecule has 0 bridgehead atoms. The molecule has 0 saturated heterocycles. The average Bonchev–Trinajstić information content (AvgIpc) is 2.25. The molecule has 0 unspecified atom stereocenters. The Morgan fingerprint density at radius 3 is 2.62 bits per heavy atom. The van der Waals surface area contributed by atoms with Gasteiger partial charge in [0.15, 0.2) is 0 Å². The van der Waals surface area contributed by atoms with Gasteiger partial charge in [0.05, 0.1) is 0 Å². The molecular weight excluding hydrogens is 245 g/mol. The fourth-order valence-corrected chi connectivity index (χ4v) is 1.99. The Hall–Kier alpha value is -0.280. The van der Waals surface area contributed by atoms with Crippen molar-refractivity contribution in [3.8, 4) is 0 Å². The molecule has 1 aromatic carbocycles. The van der Waals surface area contributed by atoms with Gasteiger partial charge in [0.1, 0.15) is 0 Å². The highest BCUT2D eigenvalue weighted by Gasteiger charge is 2.03. The molecule has 90 valence electrons. The van der Waals surface area contributed by atoms with E-state index >= 15 is 0 Å². The van der Waals surface area contributed by atoms with Crippen molar-refractivity contribution in [2.45, 2.75) is 12.8 Å². The van der Waals surface area contributed by atoms with E-state index in [1.54, 1.807) is 6.07 Å². The number of rotatable bonds is 6. The molecule has 0 radical (unpaired) electrons. The minimum atomic E-state index is 0.242. The van der Waals surface area contributed by atoms with E-state index in [0.717, 1.165) is 36.5 Å². The SMILES string of the molecule is CN(CCCO)CCc1ccc(Cl)cc1Cl. The number of likely N-dealkylation sites (N-methyl/N-ethyl adjacent to an activating group) is 1.